The van der Waals surface area contributed by atoms with Crippen molar-refractivity contribution in [3.63, 3.8) is 0 Å². The third-order valence-electron chi connectivity index (χ3n) is 10.7. The van der Waals surface area contributed by atoms with Gasteiger partial charge in [-0.25, -0.2) is 5.06 Å². The van der Waals surface area contributed by atoms with Gasteiger partial charge in [-0.3, -0.25) is 14.8 Å². The van der Waals surface area contributed by atoms with Crippen LogP contribution in [0.1, 0.15) is 78.6 Å². The molecule has 1 saturated heterocycles. The summed E-state index contributed by atoms with van der Waals surface area (Å²) in [6.07, 6.45) is 14.1. The summed E-state index contributed by atoms with van der Waals surface area (Å²) < 4.78 is 0. The van der Waals surface area contributed by atoms with Gasteiger partial charge < -0.3 is 4.90 Å². The van der Waals surface area contributed by atoms with E-state index < -0.39 is 0 Å². The molecule has 33 heavy (non-hydrogen) atoms. The fourth-order valence-corrected chi connectivity index (χ4v) is 8.56. The Morgan fingerprint density at radius 3 is 2.48 bits per heavy atom. The molecular weight excluding hydrogens is 412 g/mol. The minimum absolute atomic E-state index is 0.104. The van der Waals surface area contributed by atoms with Crippen molar-refractivity contribution in [2.24, 2.45) is 40.4 Å². The highest BCUT2D eigenvalue weighted by molar-refractivity contribution is 5.93. The van der Waals surface area contributed by atoms with Gasteiger partial charge in [-0.05, 0) is 97.9 Å². The highest BCUT2D eigenvalue weighted by Crippen LogP contribution is 2.66. The van der Waals surface area contributed by atoms with Gasteiger partial charge >= 0.3 is 0 Å². The lowest BCUT2D eigenvalue weighted by atomic mass is 9.48. The van der Waals surface area contributed by atoms with E-state index in [9.17, 15) is 14.8 Å². The normalized spacial score (nSPS) is 40.8. The lowest BCUT2D eigenvalue weighted by Crippen LogP contribution is -2.52. The Kier molecular flexibility index (Phi) is 5.78. The Morgan fingerprint density at radius 2 is 1.79 bits per heavy atom. The third kappa shape index (κ3) is 3.61. The summed E-state index contributed by atoms with van der Waals surface area (Å²) in [5, 5.41) is 10.3. The molecule has 3 fully saturated rings. The number of likely N-dealkylation sites (tertiary alicyclic amines) is 1. The van der Waals surface area contributed by atoms with Crippen LogP contribution in [0, 0.1) is 40.4 Å². The Hall–Kier alpha value is -1.62. The van der Waals surface area contributed by atoms with Gasteiger partial charge in [-0.1, -0.05) is 32.9 Å². The summed E-state index contributed by atoms with van der Waals surface area (Å²) in [6, 6.07) is 0. The Bertz CT molecular complexity index is 884. The van der Waals surface area contributed by atoms with Crippen molar-refractivity contribution in [1.82, 2.24) is 9.96 Å². The van der Waals surface area contributed by atoms with E-state index in [0.29, 0.717) is 28.7 Å². The number of rotatable bonds is 2. The highest BCUT2D eigenvalue weighted by atomic mass is 16.5. The van der Waals surface area contributed by atoms with E-state index >= 15 is 0 Å². The van der Waals surface area contributed by atoms with E-state index in [-0.39, 0.29) is 22.7 Å². The van der Waals surface area contributed by atoms with Gasteiger partial charge in [0.1, 0.15) is 0 Å². The smallest absolute Gasteiger partial charge is 0.272 e. The fourth-order valence-electron chi connectivity index (χ4n) is 8.56. The number of likely N-dealkylation sites (N-methyl/N-ethyl adjacent to an activating group) is 1. The Morgan fingerprint density at radius 1 is 1.06 bits per heavy atom. The zero-order valence-electron chi connectivity index (χ0n) is 21.0. The number of allylic oxidation sites excluding steroid dienone is 3. The van der Waals surface area contributed by atoms with Gasteiger partial charge in [-0.2, -0.15) is 0 Å². The molecule has 5 nitrogen and oxygen atoms in total. The summed E-state index contributed by atoms with van der Waals surface area (Å²) in [5.41, 5.74) is 2.27. The van der Waals surface area contributed by atoms with Gasteiger partial charge in [-0.15, -0.1) is 0 Å². The maximum atomic E-state index is 13.6. The van der Waals surface area contributed by atoms with Gasteiger partial charge in [0.2, 0.25) is 5.91 Å². The monoisotopic (exact) mass is 454 g/mol. The predicted molar refractivity (Wildman–Crippen MR) is 128 cm³/mol. The van der Waals surface area contributed by atoms with Crippen LogP contribution in [0.3, 0.4) is 0 Å². The SMILES string of the molecule is CC1CCN(C(=O)[C@H]2CC[C@H]3[C@@H]4CC=C5C=C(C(=O)N(C)O)CC[C@]5(C)[C@H]4CC[C@]23C)CC1. The number of carbonyl (C=O) groups excluding carboxylic acids is 2. The van der Waals surface area contributed by atoms with Crippen molar-refractivity contribution < 1.29 is 14.8 Å². The largest absolute Gasteiger partial charge is 0.342 e. The number of amides is 2. The Balaban J connectivity index is 1.37. The van der Waals surface area contributed by atoms with E-state index in [1.807, 2.05) is 0 Å². The quantitative estimate of drug-likeness (QED) is 0.460. The number of piperidine rings is 1. The molecule has 6 atom stereocenters. The number of carbonyl (C=O) groups is 2. The lowest BCUT2D eigenvalue weighted by Gasteiger charge is -2.57. The van der Waals surface area contributed by atoms with E-state index in [2.05, 4.69) is 37.8 Å². The minimum atomic E-state index is -0.277. The van der Waals surface area contributed by atoms with E-state index in [0.717, 1.165) is 69.5 Å². The average molecular weight is 455 g/mol. The molecule has 1 aliphatic heterocycles. The summed E-state index contributed by atoms with van der Waals surface area (Å²) in [4.78, 5) is 28.2. The molecule has 182 valence electrons. The maximum absolute atomic E-state index is 13.6. The fraction of sp³-hybridized carbons (Fsp3) is 0.786. The van der Waals surface area contributed by atoms with Crippen molar-refractivity contribution in [2.45, 2.75) is 78.6 Å². The van der Waals surface area contributed by atoms with Crippen LogP contribution in [0.2, 0.25) is 0 Å². The number of hydroxylamine groups is 2. The van der Waals surface area contributed by atoms with Gasteiger partial charge in [0, 0.05) is 31.6 Å². The number of nitrogens with zero attached hydrogens (tertiary/aromatic N) is 2. The second-order valence-corrected chi connectivity index (χ2v) is 12.4. The number of hydrogen-bond acceptors (Lipinski definition) is 3. The van der Waals surface area contributed by atoms with Crippen LogP contribution in [0.15, 0.2) is 23.3 Å². The molecular formula is C28H42N2O3. The summed E-state index contributed by atoms with van der Waals surface area (Å²) in [7, 11) is 1.41. The zero-order chi connectivity index (χ0) is 23.5. The van der Waals surface area contributed by atoms with E-state index in [1.165, 1.54) is 25.5 Å². The predicted octanol–water partition coefficient (Wildman–Crippen LogP) is 5.21. The second kappa shape index (κ2) is 8.25. The van der Waals surface area contributed by atoms with Crippen LogP contribution in [0.25, 0.3) is 0 Å². The first-order chi connectivity index (χ1) is 15.6. The first kappa shape index (κ1) is 23.1. The highest BCUT2D eigenvalue weighted by Gasteiger charge is 2.60. The van der Waals surface area contributed by atoms with Crippen molar-refractivity contribution >= 4 is 11.8 Å². The summed E-state index contributed by atoms with van der Waals surface area (Å²) in [5.74, 6) is 3.01. The van der Waals surface area contributed by atoms with Gasteiger partial charge in [0.25, 0.3) is 5.91 Å². The molecule has 1 N–H and O–H groups in total. The molecule has 2 amide bonds. The van der Waals surface area contributed by atoms with Crippen LogP contribution in [0.5, 0.6) is 0 Å². The standard InChI is InChI=1S/C28H42N2O3/c1-18-11-15-30(16-12-18)26(32)24-8-7-22-21-6-5-20-17-19(25(31)29(4)33)9-13-27(20,2)23(21)10-14-28(22,24)3/h5,17-18,21-24,33H,6-16H2,1-4H3/t21-,22-,23-,24+,27-,28-/m0/s1. The topological polar surface area (TPSA) is 60.9 Å². The molecule has 5 aliphatic rings. The molecule has 1 heterocycles. The van der Waals surface area contributed by atoms with E-state index in [1.54, 1.807) is 0 Å². The first-order valence-electron chi connectivity index (χ1n) is 13.3. The van der Waals surface area contributed by atoms with Crippen LogP contribution in [0.4, 0.5) is 0 Å². The summed E-state index contributed by atoms with van der Waals surface area (Å²) in [6.45, 7) is 9.05. The van der Waals surface area contributed by atoms with Crippen LogP contribution < -0.4 is 0 Å². The molecule has 0 aromatic heterocycles. The first-order valence-corrected chi connectivity index (χ1v) is 13.3. The van der Waals surface area contributed by atoms with Gasteiger partial charge in [0.15, 0.2) is 0 Å². The third-order valence-corrected chi connectivity index (χ3v) is 10.7. The molecule has 5 heteroatoms. The lowest BCUT2D eigenvalue weighted by molar-refractivity contribution is -0.154. The number of fused-ring (bicyclic) bond motifs is 5. The summed E-state index contributed by atoms with van der Waals surface area (Å²) >= 11 is 0. The molecule has 0 aromatic carbocycles. The molecule has 0 bridgehead atoms. The van der Waals surface area contributed by atoms with Crippen molar-refractivity contribution in [1.29, 1.82) is 0 Å². The van der Waals surface area contributed by atoms with E-state index in [4.69, 9.17) is 0 Å². The molecule has 0 spiro atoms. The van der Waals surface area contributed by atoms with Gasteiger partial charge in [0.05, 0.1) is 0 Å². The molecule has 0 aromatic rings. The van der Waals surface area contributed by atoms with Crippen molar-refractivity contribution in [2.75, 3.05) is 20.1 Å². The van der Waals surface area contributed by atoms with Crippen molar-refractivity contribution in [3.05, 3.63) is 23.3 Å². The zero-order valence-corrected chi connectivity index (χ0v) is 21.0. The maximum Gasteiger partial charge on any atom is 0.272 e. The van der Waals surface area contributed by atoms with Crippen LogP contribution >= 0.6 is 0 Å². The second-order valence-electron chi connectivity index (χ2n) is 12.4. The average Bonchev–Trinajstić information content (AvgIpc) is 3.15. The molecule has 4 aliphatic carbocycles. The molecule has 0 radical (unpaired) electrons. The molecule has 2 saturated carbocycles. The van der Waals surface area contributed by atoms with Crippen molar-refractivity contribution in [3.8, 4) is 0 Å². The minimum Gasteiger partial charge on any atom is -0.342 e. The Labute approximate surface area is 199 Å². The molecule has 5 rings (SSSR count). The molecule has 0 unspecified atom stereocenters. The van der Waals surface area contributed by atoms with Crippen LogP contribution in [-0.4, -0.2) is 47.1 Å². The number of hydrogen-bond donors (Lipinski definition) is 1. The van der Waals surface area contributed by atoms with Crippen LogP contribution in [-0.2, 0) is 9.59 Å².